The van der Waals surface area contributed by atoms with E-state index in [4.69, 9.17) is 4.74 Å². The molecule has 2 rings (SSSR count). The molecule has 0 aromatic carbocycles. The molecule has 1 N–H and O–H groups in total. The van der Waals surface area contributed by atoms with Crippen LogP contribution in [-0.2, 0) is 17.9 Å². The number of rotatable bonds is 6. The minimum atomic E-state index is 0.467. The van der Waals surface area contributed by atoms with Crippen LogP contribution in [0.3, 0.4) is 0 Å². The quantitative estimate of drug-likeness (QED) is 0.795. The van der Waals surface area contributed by atoms with Crippen molar-refractivity contribution in [3.8, 4) is 0 Å². The molecular formula is C18H31NOS. The van der Waals surface area contributed by atoms with Crippen molar-refractivity contribution in [2.45, 2.75) is 85.6 Å². The van der Waals surface area contributed by atoms with Gasteiger partial charge in [-0.05, 0) is 49.7 Å². The molecule has 0 unspecified atom stereocenters. The zero-order valence-corrected chi connectivity index (χ0v) is 15.1. The van der Waals surface area contributed by atoms with Crippen LogP contribution in [0.2, 0.25) is 0 Å². The molecule has 2 nitrogen and oxygen atoms in total. The summed E-state index contributed by atoms with van der Waals surface area (Å²) in [5, 5.41) is 3.49. The lowest BCUT2D eigenvalue weighted by Gasteiger charge is -2.34. The van der Waals surface area contributed by atoms with Crippen LogP contribution in [0.25, 0.3) is 0 Å². The van der Waals surface area contributed by atoms with Gasteiger partial charge in [0.15, 0.2) is 0 Å². The highest BCUT2D eigenvalue weighted by molar-refractivity contribution is 7.12. The van der Waals surface area contributed by atoms with Gasteiger partial charge in [-0.1, -0.05) is 27.7 Å². The van der Waals surface area contributed by atoms with E-state index in [1.807, 2.05) is 11.3 Å². The Morgan fingerprint density at radius 3 is 2.62 bits per heavy atom. The van der Waals surface area contributed by atoms with Crippen molar-refractivity contribution in [3.05, 3.63) is 21.4 Å². The Morgan fingerprint density at radius 2 is 2.00 bits per heavy atom. The van der Waals surface area contributed by atoms with Crippen LogP contribution < -0.4 is 5.32 Å². The Hall–Kier alpha value is -0.380. The third kappa shape index (κ3) is 5.39. The summed E-state index contributed by atoms with van der Waals surface area (Å²) in [6.07, 6.45) is 5.50. The summed E-state index contributed by atoms with van der Waals surface area (Å²) in [6, 6.07) is 2.86. The maximum absolute atomic E-state index is 6.17. The van der Waals surface area contributed by atoms with Crippen molar-refractivity contribution >= 4 is 11.3 Å². The van der Waals surface area contributed by atoms with Crippen LogP contribution in [-0.4, -0.2) is 12.1 Å². The van der Waals surface area contributed by atoms with Crippen molar-refractivity contribution in [1.29, 1.82) is 0 Å². The van der Waals surface area contributed by atoms with E-state index in [-0.39, 0.29) is 0 Å². The van der Waals surface area contributed by atoms with Gasteiger partial charge >= 0.3 is 0 Å². The first-order valence-electron chi connectivity index (χ1n) is 8.29. The van der Waals surface area contributed by atoms with Crippen molar-refractivity contribution in [3.63, 3.8) is 0 Å². The van der Waals surface area contributed by atoms with Crippen molar-refractivity contribution in [1.82, 2.24) is 5.32 Å². The smallest absolute Gasteiger partial charge is 0.0731 e. The van der Waals surface area contributed by atoms with Gasteiger partial charge in [0.25, 0.3) is 0 Å². The van der Waals surface area contributed by atoms with Gasteiger partial charge in [0.05, 0.1) is 12.7 Å². The second-order valence-electron chi connectivity index (χ2n) is 7.50. The van der Waals surface area contributed by atoms with E-state index in [9.17, 15) is 0 Å². The average molecular weight is 310 g/mol. The Kier molecular flexibility index (Phi) is 5.87. The maximum atomic E-state index is 6.17. The molecule has 3 heteroatoms. The van der Waals surface area contributed by atoms with Crippen LogP contribution >= 0.6 is 11.3 Å². The molecule has 1 aliphatic carbocycles. The Labute approximate surface area is 134 Å². The summed E-state index contributed by atoms with van der Waals surface area (Å²) >= 11 is 1.90. The lowest BCUT2D eigenvalue weighted by atomic mass is 9.76. The van der Waals surface area contributed by atoms with Crippen LogP contribution in [0.15, 0.2) is 6.07 Å². The summed E-state index contributed by atoms with van der Waals surface area (Å²) in [7, 11) is 0. The predicted molar refractivity (Wildman–Crippen MR) is 91.9 cm³/mol. The standard InChI is InChI=1S/C18H31NOS/c1-13(2)19-11-17-10-15(14(3)21-17)12-20-16-6-8-18(4,5)9-7-16/h10,13,16,19H,6-9,11-12H2,1-5H3. The molecule has 1 aromatic heterocycles. The highest BCUT2D eigenvalue weighted by Gasteiger charge is 2.27. The van der Waals surface area contributed by atoms with Gasteiger partial charge in [0, 0.05) is 22.3 Å². The minimum absolute atomic E-state index is 0.467. The van der Waals surface area contributed by atoms with E-state index in [1.165, 1.54) is 41.0 Å². The van der Waals surface area contributed by atoms with Crippen LogP contribution in [0.5, 0.6) is 0 Å². The van der Waals surface area contributed by atoms with Crippen molar-refractivity contribution < 1.29 is 4.74 Å². The molecule has 1 aromatic rings. The number of hydrogen-bond acceptors (Lipinski definition) is 3. The molecule has 0 amide bonds. The lowest BCUT2D eigenvalue weighted by molar-refractivity contribution is -0.00563. The van der Waals surface area contributed by atoms with E-state index in [2.05, 4.69) is 46.0 Å². The number of hydrogen-bond donors (Lipinski definition) is 1. The van der Waals surface area contributed by atoms with Gasteiger partial charge in [0.2, 0.25) is 0 Å². The summed E-state index contributed by atoms with van der Waals surface area (Å²) in [4.78, 5) is 2.83. The summed E-state index contributed by atoms with van der Waals surface area (Å²) in [5.41, 5.74) is 1.90. The lowest BCUT2D eigenvalue weighted by Crippen LogP contribution is -2.26. The Balaban J connectivity index is 1.80. The average Bonchev–Trinajstić information content (AvgIpc) is 2.76. The molecule has 21 heavy (non-hydrogen) atoms. The van der Waals surface area contributed by atoms with Crippen molar-refractivity contribution in [2.24, 2.45) is 5.41 Å². The van der Waals surface area contributed by atoms with E-state index < -0.39 is 0 Å². The molecule has 0 radical (unpaired) electrons. The van der Waals surface area contributed by atoms with E-state index >= 15 is 0 Å². The van der Waals surface area contributed by atoms with Gasteiger partial charge in [-0.3, -0.25) is 0 Å². The first-order chi connectivity index (χ1) is 9.85. The monoisotopic (exact) mass is 309 g/mol. The summed E-state index contributed by atoms with van der Waals surface area (Å²) < 4.78 is 6.17. The van der Waals surface area contributed by atoms with E-state index in [0.29, 0.717) is 17.6 Å². The number of thiophene rings is 1. The van der Waals surface area contributed by atoms with Gasteiger partial charge in [0.1, 0.15) is 0 Å². The van der Waals surface area contributed by atoms with Crippen LogP contribution in [0.4, 0.5) is 0 Å². The van der Waals surface area contributed by atoms with Gasteiger partial charge in [-0.25, -0.2) is 0 Å². The normalized spacial score (nSPS) is 19.3. The third-order valence-corrected chi connectivity index (χ3v) is 5.61. The fourth-order valence-corrected chi connectivity index (χ4v) is 3.87. The fourth-order valence-electron chi connectivity index (χ4n) is 2.87. The molecule has 1 heterocycles. The SMILES string of the molecule is Cc1sc(CNC(C)C)cc1COC1CCC(C)(C)CC1. The molecular weight excluding hydrogens is 278 g/mol. The topological polar surface area (TPSA) is 21.3 Å². The molecule has 1 saturated carbocycles. The first-order valence-corrected chi connectivity index (χ1v) is 9.10. The minimum Gasteiger partial charge on any atom is -0.374 e. The van der Waals surface area contributed by atoms with Crippen LogP contribution in [0.1, 0.15) is 68.7 Å². The van der Waals surface area contributed by atoms with Crippen molar-refractivity contribution in [2.75, 3.05) is 0 Å². The largest absolute Gasteiger partial charge is 0.374 e. The number of nitrogens with one attached hydrogen (secondary N) is 1. The number of ether oxygens (including phenoxy) is 1. The maximum Gasteiger partial charge on any atom is 0.0731 e. The van der Waals surface area contributed by atoms with Gasteiger partial charge in [-0.15, -0.1) is 11.3 Å². The molecule has 0 spiro atoms. The molecule has 0 aliphatic heterocycles. The van der Waals surface area contributed by atoms with Gasteiger partial charge in [-0.2, -0.15) is 0 Å². The zero-order valence-electron chi connectivity index (χ0n) is 14.3. The Morgan fingerprint density at radius 1 is 1.33 bits per heavy atom. The Bertz CT molecular complexity index is 440. The highest BCUT2D eigenvalue weighted by atomic mass is 32.1. The second-order valence-corrected chi connectivity index (χ2v) is 8.85. The predicted octanol–water partition coefficient (Wildman–Crippen LogP) is 5.04. The number of aryl methyl sites for hydroxylation is 1. The molecule has 0 saturated heterocycles. The summed E-state index contributed by atoms with van der Waals surface area (Å²) in [5.74, 6) is 0. The van der Waals surface area contributed by atoms with E-state index in [0.717, 1.165) is 13.2 Å². The first kappa shape index (κ1) is 17.0. The molecule has 0 atom stereocenters. The molecule has 120 valence electrons. The summed E-state index contributed by atoms with van der Waals surface area (Å²) in [6.45, 7) is 13.1. The van der Waals surface area contributed by atoms with Crippen LogP contribution in [0, 0.1) is 12.3 Å². The molecule has 1 aliphatic rings. The second kappa shape index (κ2) is 7.26. The molecule has 0 bridgehead atoms. The zero-order chi connectivity index (χ0) is 15.5. The molecule has 1 fully saturated rings. The fraction of sp³-hybridized carbons (Fsp3) is 0.778. The highest BCUT2D eigenvalue weighted by Crippen LogP contribution is 2.36. The van der Waals surface area contributed by atoms with Gasteiger partial charge < -0.3 is 10.1 Å². The van der Waals surface area contributed by atoms with E-state index in [1.54, 1.807) is 0 Å². The third-order valence-electron chi connectivity index (χ3n) is 4.52.